The first kappa shape index (κ1) is 15.7. The van der Waals surface area contributed by atoms with Crippen molar-refractivity contribution in [3.05, 3.63) is 53.0 Å². The van der Waals surface area contributed by atoms with Crippen LogP contribution in [-0.4, -0.2) is 35.0 Å². The number of hydrogen-bond acceptors (Lipinski definition) is 4. The third-order valence-corrected chi connectivity index (χ3v) is 4.91. The lowest BCUT2D eigenvalue weighted by Gasteiger charge is -2.26. The lowest BCUT2D eigenvalue weighted by atomic mass is 9.93. The van der Waals surface area contributed by atoms with Crippen molar-refractivity contribution in [2.24, 2.45) is 0 Å². The Balaban J connectivity index is 1.74. The number of amides is 1. The zero-order chi connectivity index (χ0) is 17.4. The van der Waals surface area contributed by atoms with Crippen LogP contribution in [0.2, 0.25) is 0 Å². The molecule has 6 heteroatoms. The van der Waals surface area contributed by atoms with Crippen LogP contribution in [0.1, 0.15) is 46.1 Å². The second-order valence-electron chi connectivity index (χ2n) is 6.40. The molecule has 0 fully saturated rings. The van der Waals surface area contributed by atoms with Gasteiger partial charge < -0.3 is 19.2 Å². The Kier molecular flexibility index (Phi) is 3.95. The predicted molar refractivity (Wildman–Crippen MR) is 88.7 cm³/mol. The molecule has 2 aliphatic rings. The van der Waals surface area contributed by atoms with Gasteiger partial charge in [0.1, 0.15) is 12.4 Å². The number of fused-ring (bicyclic) bond motifs is 2. The number of carbonyl (C=O) groups is 2. The van der Waals surface area contributed by atoms with Gasteiger partial charge in [-0.3, -0.25) is 4.79 Å². The molecule has 1 aliphatic carbocycles. The van der Waals surface area contributed by atoms with Crippen LogP contribution in [0.15, 0.2) is 34.9 Å². The minimum absolute atomic E-state index is 0.194. The molecule has 0 saturated carbocycles. The summed E-state index contributed by atoms with van der Waals surface area (Å²) in [4.78, 5) is 26.4. The minimum Gasteiger partial charge on any atom is -0.491 e. The molecule has 25 heavy (non-hydrogen) atoms. The lowest BCUT2D eigenvalue weighted by Crippen LogP contribution is -2.40. The van der Waals surface area contributed by atoms with Gasteiger partial charge in [-0.25, -0.2) is 4.79 Å². The number of carbonyl (C=O) groups excluding carboxylic acids is 1. The van der Waals surface area contributed by atoms with E-state index in [-0.39, 0.29) is 24.8 Å². The number of rotatable bonds is 2. The molecule has 1 aromatic heterocycles. The topological polar surface area (TPSA) is 80.0 Å². The summed E-state index contributed by atoms with van der Waals surface area (Å²) in [7, 11) is 0. The maximum absolute atomic E-state index is 13.1. The molecule has 2 heterocycles. The zero-order valence-electron chi connectivity index (χ0n) is 13.7. The van der Waals surface area contributed by atoms with E-state index in [1.54, 1.807) is 30.5 Å². The fraction of sp³-hybridized carbons (Fsp3) is 0.368. The van der Waals surface area contributed by atoms with Gasteiger partial charge in [0.15, 0.2) is 11.8 Å². The maximum atomic E-state index is 13.1. The Hall–Kier alpha value is -2.76. The van der Waals surface area contributed by atoms with Crippen molar-refractivity contribution in [2.45, 2.75) is 31.7 Å². The zero-order valence-corrected chi connectivity index (χ0v) is 13.7. The number of aryl methyl sites for hydroxylation is 1. The van der Waals surface area contributed by atoms with Crippen molar-refractivity contribution >= 4 is 11.9 Å². The van der Waals surface area contributed by atoms with E-state index in [2.05, 4.69) is 0 Å². The molecule has 1 aliphatic heterocycles. The number of furan rings is 1. The number of ether oxygens (including phenoxy) is 1. The van der Waals surface area contributed by atoms with Gasteiger partial charge in [0.25, 0.3) is 5.91 Å². The van der Waals surface area contributed by atoms with Gasteiger partial charge >= 0.3 is 5.97 Å². The van der Waals surface area contributed by atoms with Gasteiger partial charge in [-0.15, -0.1) is 0 Å². The van der Waals surface area contributed by atoms with E-state index < -0.39 is 12.0 Å². The van der Waals surface area contributed by atoms with Gasteiger partial charge in [-0.2, -0.15) is 0 Å². The van der Waals surface area contributed by atoms with E-state index >= 15 is 0 Å². The van der Waals surface area contributed by atoms with Gasteiger partial charge in [0.2, 0.25) is 0 Å². The number of para-hydroxylation sites is 1. The van der Waals surface area contributed by atoms with Crippen molar-refractivity contribution in [1.29, 1.82) is 0 Å². The van der Waals surface area contributed by atoms with Gasteiger partial charge in [0.05, 0.1) is 12.8 Å². The van der Waals surface area contributed by atoms with Crippen molar-refractivity contribution in [2.75, 3.05) is 13.2 Å². The summed E-state index contributed by atoms with van der Waals surface area (Å²) in [6, 6.07) is 5.88. The Labute approximate surface area is 145 Å². The molecule has 1 unspecified atom stereocenters. The second-order valence-corrected chi connectivity index (χ2v) is 6.40. The van der Waals surface area contributed by atoms with E-state index in [4.69, 9.17) is 9.15 Å². The third-order valence-electron chi connectivity index (χ3n) is 4.91. The van der Waals surface area contributed by atoms with Gasteiger partial charge in [-0.05, 0) is 37.3 Å². The smallest absolute Gasteiger partial charge is 0.331 e. The normalized spacial score (nSPS) is 19.4. The summed E-state index contributed by atoms with van der Waals surface area (Å²) in [5.74, 6) is -0.672. The number of carboxylic acid groups (broad SMARTS) is 1. The highest BCUT2D eigenvalue weighted by Gasteiger charge is 2.38. The summed E-state index contributed by atoms with van der Waals surface area (Å²) in [6.45, 7) is 0.440. The van der Waals surface area contributed by atoms with E-state index in [0.717, 1.165) is 36.8 Å². The Bertz CT molecular complexity index is 825. The largest absolute Gasteiger partial charge is 0.491 e. The van der Waals surface area contributed by atoms with Crippen LogP contribution in [0.4, 0.5) is 0 Å². The highest BCUT2D eigenvalue weighted by atomic mass is 16.5. The molecule has 1 amide bonds. The fourth-order valence-electron chi connectivity index (χ4n) is 3.70. The number of carboxylic acids is 1. The van der Waals surface area contributed by atoms with Gasteiger partial charge in [-0.1, -0.05) is 18.2 Å². The number of nitrogens with zero attached hydrogens (tertiary/aromatic N) is 1. The monoisotopic (exact) mass is 341 g/mol. The Morgan fingerprint density at radius 1 is 1.16 bits per heavy atom. The minimum atomic E-state index is -1.09. The predicted octanol–water partition coefficient (Wildman–Crippen LogP) is 2.82. The van der Waals surface area contributed by atoms with Crippen LogP contribution in [0.25, 0.3) is 0 Å². The Morgan fingerprint density at radius 2 is 1.96 bits per heavy atom. The van der Waals surface area contributed by atoms with Crippen LogP contribution in [-0.2, 0) is 17.6 Å². The first-order chi connectivity index (χ1) is 12.2. The van der Waals surface area contributed by atoms with E-state index in [1.165, 1.54) is 4.90 Å². The molecule has 6 nitrogen and oxygen atoms in total. The van der Waals surface area contributed by atoms with Crippen LogP contribution >= 0.6 is 0 Å². The number of benzene rings is 1. The second kappa shape index (κ2) is 6.27. The lowest BCUT2D eigenvalue weighted by molar-refractivity contribution is -0.142. The molecule has 4 rings (SSSR count). The molecule has 1 N–H and O–H groups in total. The summed E-state index contributed by atoms with van der Waals surface area (Å²) < 4.78 is 11.2. The first-order valence-corrected chi connectivity index (χ1v) is 8.51. The molecule has 1 atom stereocenters. The summed E-state index contributed by atoms with van der Waals surface area (Å²) in [5.41, 5.74) is 2.48. The average molecular weight is 341 g/mol. The van der Waals surface area contributed by atoms with Gasteiger partial charge in [0, 0.05) is 11.1 Å². The Morgan fingerprint density at radius 3 is 2.80 bits per heavy atom. The van der Waals surface area contributed by atoms with Crippen LogP contribution in [0.5, 0.6) is 5.75 Å². The van der Waals surface area contributed by atoms with Crippen molar-refractivity contribution < 1.29 is 23.8 Å². The molecule has 130 valence electrons. The summed E-state index contributed by atoms with van der Waals surface area (Å²) in [6.07, 6.45) is 5.44. The standard InChI is InChI=1S/C19H19NO5/c21-18(17-13-6-2-1-5-12(13)11-25-17)20-9-10-24-15-8-4-3-7-14(15)16(20)19(22)23/h3-4,7-8,11,16H,1-2,5-6,9-10H2,(H,22,23). The fourth-order valence-corrected chi connectivity index (χ4v) is 3.70. The maximum Gasteiger partial charge on any atom is 0.331 e. The molecule has 1 aromatic carbocycles. The molecule has 2 aromatic rings. The summed E-state index contributed by atoms with van der Waals surface area (Å²) >= 11 is 0. The van der Waals surface area contributed by atoms with Crippen molar-refractivity contribution in [3.8, 4) is 5.75 Å². The molecule has 0 radical (unpaired) electrons. The third kappa shape index (κ3) is 2.67. The highest BCUT2D eigenvalue weighted by Crippen LogP contribution is 2.34. The summed E-state index contributed by atoms with van der Waals surface area (Å²) in [5, 5.41) is 9.79. The number of aliphatic carboxylic acids is 1. The average Bonchev–Trinajstić information content (AvgIpc) is 2.94. The number of hydrogen-bond donors (Lipinski definition) is 1. The molecule has 0 spiro atoms. The SMILES string of the molecule is O=C(O)C1c2ccccc2OCCN1C(=O)c1occ2c1CCCC2. The van der Waals surface area contributed by atoms with E-state index in [0.29, 0.717) is 11.3 Å². The molecule has 0 bridgehead atoms. The van der Waals surface area contributed by atoms with Crippen LogP contribution < -0.4 is 4.74 Å². The van der Waals surface area contributed by atoms with Crippen molar-refractivity contribution in [3.63, 3.8) is 0 Å². The molecular weight excluding hydrogens is 322 g/mol. The molecule has 0 saturated heterocycles. The van der Waals surface area contributed by atoms with E-state index in [9.17, 15) is 14.7 Å². The van der Waals surface area contributed by atoms with Crippen LogP contribution in [0, 0.1) is 0 Å². The molecular formula is C19H19NO5. The van der Waals surface area contributed by atoms with Crippen molar-refractivity contribution in [1.82, 2.24) is 4.90 Å². The van der Waals surface area contributed by atoms with Crippen LogP contribution in [0.3, 0.4) is 0 Å². The quantitative estimate of drug-likeness (QED) is 0.908. The van der Waals surface area contributed by atoms with E-state index in [1.807, 2.05) is 0 Å². The highest BCUT2D eigenvalue weighted by molar-refractivity contribution is 5.96. The first-order valence-electron chi connectivity index (χ1n) is 8.51.